The van der Waals surface area contributed by atoms with Gasteiger partial charge in [0.05, 0.1) is 13.3 Å². The highest BCUT2D eigenvalue weighted by atomic mass is 16.3. The van der Waals surface area contributed by atoms with Crippen molar-refractivity contribution in [1.29, 1.82) is 0 Å². The van der Waals surface area contributed by atoms with Crippen molar-refractivity contribution in [2.75, 3.05) is 0 Å². The topological polar surface area (TPSA) is 87.5 Å². The molecule has 3 aromatic heterocycles. The van der Waals surface area contributed by atoms with E-state index in [1.54, 1.807) is 24.3 Å². The SMILES string of the molecule is Cn1nnc(-c2ccc(CCc3ncn(-c4ccco4)n3)cc2)n1. The molecule has 0 unspecified atom stereocenters. The molecule has 0 N–H and O–H groups in total. The van der Waals surface area contributed by atoms with Crippen molar-refractivity contribution in [3.63, 3.8) is 0 Å². The first-order chi connectivity index (χ1) is 11.8. The van der Waals surface area contributed by atoms with Crippen LogP contribution in [0.4, 0.5) is 0 Å². The normalized spacial score (nSPS) is 11.0. The van der Waals surface area contributed by atoms with Crippen LogP contribution in [0.2, 0.25) is 0 Å². The van der Waals surface area contributed by atoms with Gasteiger partial charge in [-0.1, -0.05) is 24.3 Å². The van der Waals surface area contributed by atoms with Gasteiger partial charge in [0.1, 0.15) is 6.33 Å². The molecular weight excluding hydrogens is 306 g/mol. The van der Waals surface area contributed by atoms with E-state index in [2.05, 4.69) is 37.6 Å². The Morgan fingerprint density at radius 1 is 1.04 bits per heavy atom. The fourth-order valence-corrected chi connectivity index (χ4v) is 2.39. The fourth-order valence-electron chi connectivity index (χ4n) is 2.39. The van der Waals surface area contributed by atoms with Crippen LogP contribution in [0, 0.1) is 0 Å². The van der Waals surface area contributed by atoms with E-state index in [4.69, 9.17) is 4.42 Å². The zero-order valence-corrected chi connectivity index (χ0v) is 13.1. The largest absolute Gasteiger partial charge is 0.447 e. The molecule has 0 aliphatic heterocycles. The van der Waals surface area contributed by atoms with Gasteiger partial charge in [-0.2, -0.15) is 9.48 Å². The summed E-state index contributed by atoms with van der Waals surface area (Å²) in [5.74, 6) is 2.07. The average Bonchev–Trinajstić information content (AvgIpc) is 3.34. The van der Waals surface area contributed by atoms with Gasteiger partial charge in [-0.3, -0.25) is 0 Å². The molecule has 0 fully saturated rings. The third-order valence-corrected chi connectivity index (χ3v) is 3.63. The van der Waals surface area contributed by atoms with Gasteiger partial charge in [-0.05, 0) is 23.3 Å². The molecular formula is C16H15N7O. The molecule has 0 saturated carbocycles. The molecule has 0 radical (unpaired) electrons. The predicted octanol–water partition coefficient (Wildman–Crippen LogP) is 1.84. The maximum atomic E-state index is 5.29. The molecule has 4 aromatic rings. The molecule has 0 spiro atoms. The summed E-state index contributed by atoms with van der Waals surface area (Å²) in [6.07, 6.45) is 4.90. The number of rotatable bonds is 5. The number of aryl methyl sites for hydroxylation is 3. The van der Waals surface area contributed by atoms with Gasteiger partial charge >= 0.3 is 0 Å². The number of aromatic nitrogens is 7. The number of tetrazole rings is 1. The summed E-state index contributed by atoms with van der Waals surface area (Å²) >= 11 is 0. The van der Waals surface area contributed by atoms with Crippen LogP contribution in [-0.2, 0) is 19.9 Å². The van der Waals surface area contributed by atoms with Gasteiger partial charge in [0.25, 0.3) is 0 Å². The second kappa shape index (κ2) is 6.07. The lowest BCUT2D eigenvalue weighted by atomic mass is 10.1. The average molecular weight is 321 g/mol. The van der Waals surface area contributed by atoms with Crippen LogP contribution in [0.15, 0.2) is 53.4 Å². The molecule has 120 valence electrons. The third kappa shape index (κ3) is 2.94. The Morgan fingerprint density at radius 3 is 2.62 bits per heavy atom. The quantitative estimate of drug-likeness (QED) is 0.557. The van der Waals surface area contributed by atoms with Gasteiger partial charge < -0.3 is 4.42 Å². The Balaban J connectivity index is 1.41. The Bertz CT molecular complexity index is 922. The number of furan rings is 1. The van der Waals surface area contributed by atoms with Crippen molar-refractivity contribution < 1.29 is 4.42 Å². The fraction of sp³-hybridized carbons (Fsp3) is 0.188. The zero-order valence-electron chi connectivity index (χ0n) is 13.1. The van der Waals surface area contributed by atoms with Crippen molar-refractivity contribution in [2.45, 2.75) is 12.8 Å². The highest BCUT2D eigenvalue weighted by Crippen LogP contribution is 2.15. The first-order valence-corrected chi connectivity index (χ1v) is 7.56. The molecule has 0 aliphatic carbocycles. The number of benzene rings is 1. The molecule has 0 aliphatic rings. The van der Waals surface area contributed by atoms with Gasteiger partial charge in [0, 0.05) is 18.1 Å². The third-order valence-electron chi connectivity index (χ3n) is 3.63. The lowest BCUT2D eigenvalue weighted by Gasteiger charge is -2.00. The minimum atomic E-state index is 0.628. The molecule has 3 heterocycles. The molecule has 8 nitrogen and oxygen atoms in total. The van der Waals surface area contributed by atoms with Crippen molar-refractivity contribution in [3.05, 3.63) is 60.4 Å². The highest BCUT2D eigenvalue weighted by molar-refractivity contribution is 5.54. The summed E-state index contributed by atoms with van der Waals surface area (Å²) in [6, 6.07) is 11.8. The molecule has 0 amide bonds. The van der Waals surface area contributed by atoms with E-state index in [0.29, 0.717) is 11.7 Å². The first-order valence-electron chi connectivity index (χ1n) is 7.56. The lowest BCUT2D eigenvalue weighted by Crippen LogP contribution is -1.97. The lowest BCUT2D eigenvalue weighted by molar-refractivity contribution is 0.520. The molecule has 1 aromatic carbocycles. The summed E-state index contributed by atoms with van der Waals surface area (Å²) in [5, 5.41) is 16.5. The van der Waals surface area contributed by atoms with Crippen LogP contribution in [0.1, 0.15) is 11.4 Å². The second-order valence-corrected chi connectivity index (χ2v) is 5.36. The summed E-state index contributed by atoms with van der Waals surface area (Å²) in [4.78, 5) is 5.76. The molecule has 4 rings (SSSR count). The van der Waals surface area contributed by atoms with Crippen molar-refractivity contribution in [2.24, 2.45) is 7.05 Å². The molecule has 0 bridgehead atoms. The van der Waals surface area contributed by atoms with Gasteiger partial charge in [-0.15, -0.1) is 15.3 Å². The van der Waals surface area contributed by atoms with E-state index in [1.807, 2.05) is 24.3 Å². The first kappa shape index (κ1) is 14.3. The number of hydrogen-bond acceptors (Lipinski definition) is 6. The summed E-state index contributed by atoms with van der Waals surface area (Å²) in [6.45, 7) is 0. The van der Waals surface area contributed by atoms with E-state index in [0.717, 1.165) is 24.2 Å². The molecule has 24 heavy (non-hydrogen) atoms. The smallest absolute Gasteiger partial charge is 0.221 e. The summed E-state index contributed by atoms with van der Waals surface area (Å²) < 4.78 is 6.93. The minimum absolute atomic E-state index is 0.628. The van der Waals surface area contributed by atoms with Crippen molar-refractivity contribution >= 4 is 0 Å². The summed E-state index contributed by atoms with van der Waals surface area (Å²) in [7, 11) is 1.75. The Kier molecular flexibility index (Phi) is 3.62. The standard InChI is InChI=1S/C16H15N7O/c1-22-20-16(18-21-22)13-7-4-12(5-8-13)6-9-14-17-11-23(19-14)15-3-2-10-24-15/h2-5,7-8,10-11H,6,9H2,1H3. The van der Waals surface area contributed by atoms with E-state index in [-0.39, 0.29) is 0 Å². The predicted molar refractivity (Wildman–Crippen MR) is 85.3 cm³/mol. The minimum Gasteiger partial charge on any atom is -0.447 e. The molecule has 0 atom stereocenters. The van der Waals surface area contributed by atoms with Crippen LogP contribution >= 0.6 is 0 Å². The van der Waals surface area contributed by atoms with E-state index >= 15 is 0 Å². The van der Waals surface area contributed by atoms with Gasteiger partial charge in [0.2, 0.25) is 11.7 Å². The van der Waals surface area contributed by atoms with Gasteiger partial charge in [-0.25, -0.2) is 4.98 Å². The monoisotopic (exact) mass is 321 g/mol. The van der Waals surface area contributed by atoms with Crippen molar-refractivity contribution in [3.8, 4) is 17.3 Å². The molecule has 8 heteroatoms. The van der Waals surface area contributed by atoms with Crippen LogP contribution in [0.3, 0.4) is 0 Å². The maximum absolute atomic E-state index is 5.29. The van der Waals surface area contributed by atoms with Gasteiger partial charge in [0.15, 0.2) is 5.82 Å². The Morgan fingerprint density at radius 2 is 1.92 bits per heavy atom. The maximum Gasteiger partial charge on any atom is 0.221 e. The number of hydrogen-bond donors (Lipinski definition) is 0. The van der Waals surface area contributed by atoms with Crippen LogP contribution in [-0.4, -0.2) is 35.0 Å². The Labute approximate surface area is 137 Å². The van der Waals surface area contributed by atoms with Crippen molar-refractivity contribution in [1.82, 2.24) is 35.0 Å². The zero-order chi connectivity index (χ0) is 16.4. The van der Waals surface area contributed by atoms with E-state index < -0.39 is 0 Å². The highest BCUT2D eigenvalue weighted by Gasteiger charge is 2.07. The Hall–Kier alpha value is -3.29. The van der Waals surface area contributed by atoms with Crippen LogP contribution in [0.25, 0.3) is 17.3 Å². The summed E-state index contributed by atoms with van der Waals surface area (Å²) in [5.41, 5.74) is 2.16. The van der Waals surface area contributed by atoms with Crippen LogP contribution in [0.5, 0.6) is 0 Å². The second-order valence-electron chi connectivity index (χ2n) is 5.36. The van der Waals surface area contributed by atoms with E-state index in [9.17, 15) is 0 Å². The van der Waals surface area contributed by atoms with Crippen LogP contribution < -0.4 is 0 Å². The number of nitrogens with zero attached hydrogens (tertiary/aromatic N) is 7. The molecule has 0 saturated heterocycles. The van der Waals surface area contributed by atoms with E-state index in [1.165, 1.54) is 10.4 Å².